The van der Waals surface area contributed by atoms with Gasteiger partial charge in [-0.15, -0.1) is 0 Å². The van der Waals surface area contributed by atoms with Crippen molar-refractivity contribution in [1.29, 1.82) is 0 Å². The maximum absolute atomic E-state index is 11.8. The van der Waals surface area contributed by atoms with Crippen molar-refractivity contribution in [3.05, 3.63) is 24.3 Å². The second-order valence-corrected chi connectivity index (χ2v) is 4.99. The highest BCUT2D eigenvalue weighted by Crippen LogP contribution is 2.16. The third-order valence-corrected chi connectivity index (χ3v) is 3.75. The van der Waals surface area contributed by atoms with E-state index in [-0.39, 0.29) is 6.03 Å². The number of hydrogen-bond donors (Lipinski definition) is 2. The molecule has 0 aromatic heterocycles. The van der Waals surface area contributed by atoms with Crippen LogP contribution in [0.1, 0.15) is 19.8 Å². The fraction of sp³-hybridized carbons (Fsp3) is 0.533. The van der Waals surface area contributed by atoms with Crippen LogP contribution in [0, 0.1) is 0 Å². The van der Waals surface area contributed by atoms with Gasteiger partial charge in [-0.25, -0.2) is 4.79 Å². The van der Waals surface area contributed by atoms with Crippen LogP contribution < -0.4 is 15.4 Å². The van der Waals surface area contributed by atoms with Gasteiger partial charge in [0.1, 0.15) is 5.75 Å². The zero-order valence-electron chi connectivity index (χ0n) is 12.2. The summed E-state index contributed by atoms with van der Waals surface area (Å²) in [5.41, 5.74) is 0.766. The normalized spacial score (nSPS) is 18.8. The number of hydrogen-bond acceptors (Lipinski definition) is 3. The Morgan fingerprint density at radius 2 is 2.15 bits per heavy atom. The van der Waals surface area contributed by atoms with E-state index in [2.05, 4.69) is 22.5 Å². The molecule has 0 unspecified atom stereocenters. The predicted molar refractivity (Wildman–Crippen MR) is 80.3 cm³/mol. The summed E-state index contributed by atoms with van der Waals surface area (Å²) < 4.78 is 5.08. The highest BCUT2D eigenvalue weighted by Gasteiger charge is 2.22. The largest absolute Gasteiger partial charge is 0.497 e. The van der Waals surface area contributed by atoms with Crippen LogP contribution in [0.5, 0.6) is 5.75 Å². The van der Waals surface area contributed by atoms with Crippen LogP contribution in [0.4, 0.5) is 10.5 Å². The summed E-state index contributed by atoms with van der Waals surface area (Å²) in [6, 6.07) is 7.62. The van der Waals surface area contributed by atoms with Crippen molar-refractivity contribution in [3.63, 3.8) is 0 Å². The van der Waals surface area contributed by atoms with Gasteiger partial charge in [-0.1, -0.05) is 6.92 Å². The smallest absolute Gasteiger partial charge is 0.319 e. The Kier molecular flexibility index (Phi) is 5.24. The van der Waals surface area contributed by atoms with E-state index in [0.717, 1.165) is 30.9 Å². The highest BCUT2D eigenvalue weighted by atomic mass is 16.5. The monoisotopic (exact) mass is 277 g/mol. The van der Waals surface area contributed by atoms with Crippen molar-refractivity contribution in [2.24, 2.45) is 0 Å². The van der Waals surface area contributed by atoms with E-state index in [9.17, 15) is 4.79 Å². The lowest BCUT2D eigenvalue weighted by Gasteiger charge is -2.22. The molecule has 2 rings (SSSR count). The second kappa shape index (κ2) is 7.14. The lowest BCUT2D eigenvalue weighted by molar-refractivity contribution is 0.238. The van der Waals surface area contributed by atoms with E-state index in [0.29, 0.717) is 12.6 Å². The second-order valence-electron chi connectivity index (χ2n) is 4.99. The molecule has 20 heavy (non-hydrogen) atoms. The number of nitrogens with one attached hydrogen (secondary N) is 2. The van der Waals surface area contributed by atoms with Crippen molar-refractivity contribution in [2.75, 3.05) is 32.1 Å². The minimum atomic E-state index is -0.155. The molecule has 0 spiro atoms. The topological polar surface area (TPSA) is 53.6 Å². The van der Waals surface area contributed by atoms with Crippen LogP contribution in [-0.4, -0.2) is 43.7 Å². The quantitative estimate of drug-likeness (QED) is 0.868. The van der Waals surface area contributed by atoms with Gasteiger partial charge in [-0.3, -0.25) is 4.90 Å². The van der Waals surface area contributed by atoms with Crippen molar-refractivity contribution in [1.82, 2.24) is 10.2 Å². The average molecular weight is 277 g/mol. The maximum atomic E-state index is 11.8. The molecule has 1 fully saturated rings. The number of benzene rings is 1. The van der Waals surface area contributed by atoms with E-state index in [1.54, 1.807) is 7.11 Å². The number of rotatable bonds is 5. The number of ether oxygens (including phenoxy) is 1. The highest BCUT2D eigenvalue weighted by molar-refractivity contribution is 5.89. The molecule has 1 atom stereocenters. The zero-order chi connectivity index (χ0) is 14.4. The molecule has 1 aromatic carbocycles. The Morgan fingerprint density at radius 1 is 1.40 bits per heavy atom. The van der Waals surface area contributed by atoms with Gasteiger partial charge in [0.15, 0.2) is 0 Å². The number of amides is 2. The summed E-state index contributed by atoms with van der Waals surface area (Å²) in [6.45, 7) is 5.06. The zero-order valence-corrected chi connectivity index (χ0v) is 12.2. The molecule has 2 N–H and O–H groups in total. The number of anilines is 1. The number of carbonyl (C=O) groups excluding carboxylic acids is 1. The molecule has 1 aliphatic heterocycles. The molecule has 5 heteroatoms. The minimum Gasteiger partial charge on any atom is -0.497 e. The fourth-order valence-electron chi connectivity index (χ4n) is 2.60. The molecule has 0 saturated carbocycles. The van der Waals surface area contributed by atoms with Gasteiger partial charge in [-0.05, 0) is 50.2 Å². The molecule has 2 amide bonds. The lowest BCUT2D eigenvalue weighted by atomic mass is 10.2. The third-order valence-electron chi connectivity index (χ3n) is 3.75. The minimum absolute atomic E-state index is 0.155. The number of likely N-dealkylation sites (tertiary alicyclic amines) is 1. The Balaban J connectivity index is 1.77. The van der Waals surface area contributed by atoms with Crippen LogP contribution in [0.2, 0.25) is 0 Å². The van der Waals surface area contributed by atoms with Crippen LogP contribution in [0.25, 0.3) is 0 Å². The first kappa shape index (κ1) is 14.7. The van der Waals surface area contributed by atoms with E-state index < -0.39 is 0 Å². The first-order chi connectivity index (χ1) is 9.72. The molecule has 1 heterocycles. The van der Waals surface area contributed by atoms with E-state index >= 15 is 0 Å². The van der Waals surface area contributed by atoms with Crippen LogP contribution in [0.15, 0.2) is 24.3 Å². The predicted octanol–water partition coefficient (Wildman–Crippen LogP) is 2.30. The van der Waals surface area contributed by atoms with Gasteiger partial charge in [-0.2, -0.15) is 0 Å². The summed E-state index contributed by atoms with van der Waals surface area (Å²) in [7, 11) is 1.62. The number of carbonyl (C=O) groups is 1. The van der Waals surface area contributed by atoms with Crippen molar-refractivity contribution >= 4 is 11.7 Å². The number of methoxy groups -OCH3 is 1. The molecule has 1 aliphatic rings. The first-order valence-electron chi connectivity index (χ1n) is 7.16. The third kappa shape index (κ3) is 3.87. The van der Waals surface area contributed by atoms with E-state index in [1.807, 2.05) is 24.3 Å². The summed E-state index contributed by atoms with van der Waals surface area (Å²) in [5.74, 6) is 0.778. The molecule has 0 aliphatic carbocycles. The SMILES string of the molecule is CCN1CCC[C@H]1CNC(=O)Nc1ccc(OC)cc1. The first-order valence-corrected chi connectivity index (χ1v) is 7.16. The van der Waals surface area contributed by atoms with Gasteiger partial charge in [0.25, 0.3) is 0 Å². The van der Waals surface area contributed by atoms with Gasteiger partial charge >= 0.3 is 6.03 Å². The molecule has 1 saturated heterocycles. The van der Waals surface area contributed by atoms with Crippen LogP contribution in [-0.2, 0) is 0 Å². The van der Waals surface area contributed by atoms with Gasteiger partial charge in [0, 0.05) is 18.3 Å². The molecular formula is C15H23N3O2. The molecule has 5 nitrogen and oxygen atoms in total. The van der Waals surface area contributed by atoms with Crippen LogP contribution in [0.3, 0.4) is 0 Å². The number of urea groups is 1. The summed E-state index contributed by atoms with van der Waals surface area (Å²) in [5, 5.41) is 5.77. The number of nitrogens with zero attached hydrogens (tertiary/aromatic N) is 1. The van der Waals surface area contributed by atoms with Gasteiger partial charge in [0.2, 0.25) is 0 Å². The van der Waals surface area contributed by atoms with Crippen molar-refractivity contribution in [2.45, 2.75) is 25.8 Å². The van der Waals surface area contributed by atoms with Gasteiger partial charge < -0.3 is 15.4 Å². The summed E-state index contributed by atoms with van der Waals surface area (Å²) in [4.78, 5) is 14.3. The van der Waals surface area contributed by atoms with Crippen LogP contribution >= 0.6 is 0 Å². The molecule has 0 radical (unpaired) electrons. The fourth-order valence-corrected chi connectivity index (χ4v) is 2.60. The Labute approximate surface area is 120 Å². The van der Waals surface area contributed by atoms with E-state index in [1.165, 1.54) is 6.42 Å². The Morgan fingerprint density at radius 3 is 2.80 bits per heavy atom. The van der Waals surface area contributed by atoms with Crippen molar-refractivity contribution < 1.29 is 9.53 Å². The lowest BCUT2D eigenvalue weighted by Crippen LogP contribution is -2.41. The summed E-state index contributed by atoms with van der Waals surface area (Å²) in [6.07, 6.45) is 2.39. The molecule has 0 bridgehead atoms. The maximum Gasteiger partial charge on any atom is 0.319 e. The standard InChI is InChI=1S/C15H23N3O2/c1-3-18-10-4-5-13(18)11-16-15(19)17-12-6-8-14(20-2)9-7-12/h6-9,13H,3-5,10-11H2,1-2H3,(H2,16,17,19)/t13-/m0/s1. The summed E-state index contributed by atoms with van der Waals surface area (Å²) >= 11 is 0. The molecule has 1 aromatic rings. The Hall–Kier alpha value is -1.75. The molecular weight excluding hydrogens is 254 g/mol. The number of likely N-dealkylation sites (N-methyl/N-ethyl adjacent to an activating group) is 1. The Bertz CT molecular complexity index is 433. The molecule has 110 valence electrons. The van der Waals surface area contributed by atoms with Gasteiger partial charge in [0.05, 0.1) is 7.11 Å². The van der Waals surface area contributed by atoms with Crippen molar-refractivity contribution in [3.8, 4) is 5.75 Å². The average Bonchev–Trinajstić information content (AvgIpc) is 2.93. The van der Waals surface area contributed by atoms with E-state index in [4.69, 9.17) is 4.74 Å².